The quantitative estimate of drug-likeness (QED) is 0.915. The minimum absolute atomic E-state index is 0.0518. The summed E-state index contributed by atoms with van der Waals surface area (Å²) in [6.07, 6.45) is -4.51. The summed E-state index contributed by atoms with van der Waals surface area (Å²) in [6, 6.07) is 1.75. The van der Waals surface area contributed by atoms with Gasteiger partial charge in [-0.05, 0) is 26.0 Å². The molecule has 0 saturated carbocycles. The van der Waals surface area contributed by atoms with Crippen LogP contribution in [-0.2, 0) is 6.18 Å². The average Bonchev–Trinajstić information content (AvgIpc) is 2.34. The van der Waals surface area contributed by atoms with Crippen LogP contribution in [0.4, 0.5) is 13.2 Å². The first kappa shape index (κ1) is 15.4. The molecule has 19 heavy (non-hydrogen) atoms. The van der Waals surface area contributed by atoms with Crippen LogP contribution in [0.1, 0.15) is 28.7 Å². The Morgan fingerprint density at radius 3 is 2.47 bits per heavy atom. The maximum Gasteiger partial charge on any atom is 0.433 e. The fourth-order valence-corrected chi connectivity index (χ4v) is 1.49. The SMILES string of the molecule is Cc1nc(C(F)(F)F)ccc1C(=O)N(C)C(C)CN. The van der Waals surface area contributed by atoms with Crippen LogP contribution in [0.15, 0.2) is 12.1 Å². The molecule has 1 amide bonds. The maximum atomic E-state index is 12.5. The maximum absolute atomic E-state index is 12.5. The number of hydrogen-bond donors (Lipinski definition) is 1. The Hall–Kier alpha value is -1.63. The van der Waals surface area contributed by atoms with E-state index in [1.165, 1.54) is 11.8 Å². The Kier molecular flexibility index (Phi) is 4.52. The number of nitrogens with two attached hydrogens (primary N) is 1. The predicted molar refractivity (Wildman–Crippen MR) is 64.6 cm³/mol. The fraction of sp³-hybridized carbons (Fsp3) is 0.500. The van der Waals surface area contributed by atoms with Crippen molar-refractivity contribution in [1.82, 2.24) is 9.88 Å². The van der Waals surface area contributed by atoms with E-state index >= 15 is 0 Å². The molecular formula is C12H16F3N3O. The second-order valence-corrected chi connectivity index (χ2v) is 4.33. The second kappa shape index (κ2) is 5.56. The lowest BCUT2D eigenvalue weighted by Crippen LogP contribution is -2.40. The molecule has 0 saturated heterocycles. The molecule has 106 valence electrons. The molecule has 0 spiro atoms. The molecule has 0 radical (unpaired) electrons. The number of amides is 1. The number of aromatic nitrogens is 1. The Morgan fingerprint density at radius 2 is 2.05 bits per heavy atom. The third kappa shape index (κ3) is 3.44. The van der Waals surface area contributed by atoms with Crippen LogP contribution in [0.5, 0.6) is 0 Å². The van der Waals surface area contributed by atoms with Crippen molar-refractivity contribution in [1.29, 1.82) is 0 Å². The van der Waals surface area contributed by atoms with Crippen LogP contribution >= 0.6 is 0 Å². The monoisotopic (exact) mass is 275 g/mol. The van der Waals surface area contributed by atoms with Crippen LogP contribution in [-0.4, -0.2) is 35.4 Å². The van der Waals surface area contributed by atoms with Gasteiger partial charge in [-0.1, -0.05) is 0 Å². The number of alkyl halides is 3. The highest BCUT2D eigenvalue weighted by molar-refractivity contribution is 5.95. The van der Waals surface area contributed by atoms with Gasteiger partial charge in [-0.15, -0.1) is 0 Å². The van der Waals surface area contributed by atoms with E-state index in [-0.39, 0.29) is 23.8 Å². The topological polar surface area (TPSA) is 59.2 Å². The zero-order valence-electron chi connectivity index (χ0n) is 11.0. The van der Waals surface area contributed by atoms with Gasteiger partial charge in [-0.25, -0.2) is 4.98 Å². The summed E-state index contributed by atoms with van der Waals surface area (Å²) in [7, 11) is 1.55. The molecular weight excluding hydrogens is 259 g/mol. The number of pyridine rings is 1. The Balaban J connectivity index is 3.07. The lowest BCUT2D eigenvalue weighted by atomic mass is 10.1. The van der Waals surface area contributed by atoms with Crippen LogP contribution < -0.4 is 5.73 Å². The normalized spacial score (nSPS) is 13.2. The van der Waals surface area contributed by atoms with Crippen molar-refractivity contribution in [2.75, 3.05) is 13.6 Å². The van der Waals surface area contributed by atoms with Gasteiger partial charge in [0.25, 0.3) is 5.91 Å². The summed E-state index contributed by atoms with van der Waals surface area (Å²) in [4.78, 5) is 16.9. The van der Waals surface area contributed by atoms with Crippen molar-refractivity contribution in [2.24, 2.45) is 5.73 Å². The van der Waals surface area contributed by atoms with Crippen LogP contribution in [0, 0.1) is 6.92 Å². The minimum atomic E-state index is -4.51. The molecule has 0 aliphatic heterocycles. The molecule has 0 aromatic carbocycles. The van der Waals surface area contributed by atoms with Crippen molar-refractivity contribution >= 4 is 5.91 Å². The summed E-state index contributed by atoms with van der Waals surface area (Å²) in [5, 5.41) is 0. The van der Waals surface area contributed by atoms with Gasteiger partial charge in [0.15, 0.2) is 0 Å². The van der Waals surface area contributed by atoms with Crippen molar-refractivity contribution < 1.29 is 18.0 Å². The lowest BCUT2D eigenvalue weighted by molar-refractivity contribution is -0.141. The highest BCUT2D eigenvalue weighted by atomic mass is 19.4. The molecule has 2 N–H and O–H groups in total. The van der Waals surface area contributed by atoms with Crippen LogP contribution in [0.25, 0.3) is 0 Å². The molecule has 7 heteroatoms. The third-order valence-corrected chi connectivity index (χ3v) is 2.93. The molecule has 0 aliphatic carbocycles. The highest BCUT2D eigenvalue weighted by Crippen LogP contribution is 2.28. The largest absolute Gasteiger partial charge is 0.433 e. The first-order valence-electron chi connectivity index (χ1n) is 5.70. The lowest BCUT2D eigenvalue weighted by Gasteiger charge is -2.24. The van der Waals surface area contributed by atoms with E-state index in [0.29, 0.717) is 0 Å². The summed E-state index contributed by atoms with van der Waals surface area (Å²) in [5.74, 6) is -0.392. The second-order valence-electron chi connectivity index (χ2n) is 4.33. The van der Waals surface area contributed by atoms with E-state index in [9.17, 15) is 18.0 Å². The van der Waals surface area contributed by atoms with E-state index < -0.39 is 17.8 Å². The summed E-state index contributed by atoms with van der Waals surface area (Å²) in [6.45, 7) is 3.41. The fourth-order valence-electron chi connectivity index (χ4n) is 1.49. The molecule has 1 aromatic rings. The number of hydrogen-bond acceptors (Lipinski definition) is 3. The van der Waals surface area contributed by atoms with Gasteiger partial charge < -0.3 is 10.6 Å². The molecule has 0 bridgehead atoms. The number of carbonyl (C=O) groups excluding carboxylic acids is 1. The number of carbonyl (C=O) groups is 1. The van der Waals surface area contributed by atoms with E-state index in [2.05, 4.69) is 4.98 Å². The van der Waals surface area contributed by atoms with Gasteiger partial charge in [-0.3, -0.25) is 4.79 Å². The number of halogens is 3. The first-order valence-corrected chi connectivity index (χ1v) is 5.70. The number of likely N-dealkylation sites (N-methyl/N-ethyl adjacent to an activating group) is 1. The predicted octanol–water partition coefficient (Wildman–Crippen LogP) is 1.83. The Morgan fingerprint density at radius 1 is 1.47 bits per heavy atom. The number of nitrogens with zero attached hydrogens (tertiary/aromatic N) is 2. The molecule has 1 atom stereocenters. The van der Waals surface area contributed by atoms with Gasteiger partial charge in [0, 0.05) is 19.6 Å². The molecule has 1 aromatic heterocycles. The van der Waals surface area contributed by atoms with Crippen molar-refractivity contribution in [3.63, 3.8) is 0 Å². The molecule has 4 nitrogen and oxygen atoms in total. The van der Waals surface area contributed by atoms with E-state index in [1.54, 1.807) is 14.0 Å². The van der Waals surface area contributed by atoms with Crippen molar-refractivity contribution in [2.45, 2.75) is 26.1 Å². The Labute approximate surface area is 109 Å². The summed E-state index contributed by atoms with van der Waals surface area (Å²) >= 11 is 0. The zero-order valence-corrected chi connectivity index (χ0v) is 11.0. The van der Waals surface area contributed by atoms with E-state index in [4.69, 9.17) is 5.73 Å². The standard InChI is InChI=1S/C12H16F3N3O/c1-7(6-16)18(3)11(19)9-4-5-10(12(13,14)15)17-8(9)2/h4-5,7H,6,16H2,1-3H3. The smallest absolute Gasteiger partial charge is 0.338 e. The molecule has 1 unspecified atom stereocenters. The van der Waals surface area contributed by atoms with Gasteiger partial charge in [-0.2, -0.15) is 13.2 Å². The van der Waals surface area contributed by atoms with Crippen LogP contribution in [0.3, 0.4) is 0 Å². The molecule has 1 rings (SSSR count). The van der Waals surface area contributed by atoms with Gasteiger partial charge in [0.1, 0.15) is 5.69 Å². The summed E-state index contributed by atoms with van der Waals surface area (Å²) < 4.78 is 37.4. The molecule has 1 heterocycles. The van der Waals surface area contributed by atoms with Crippen molar-refractivity contribution in [3.8, 4) is 0 Å². The van der Waals surface area contributed by atoms with Gasteiger partial charge in [0.2, 0.25) is 0 Å². The zero-order chi connectivity index (χ0) is 14.8. The van der Waals surface area contributed by atoms with E-state index in [1.807, 2.05) is 0 Å². The summed E-state index contributed by atoms with van der Waals surface area (Å²) in [5.41, 5.74) is 4.65. The van der Waals surface area contributed by atoms with Crippen molar-refractivity contribution in [3.05, 3.63) is 29.1 Å². The minimum Gasteiger partial charge on any atom is -0.338 e. The third-order valence-electron chi connectivity index (χ3n) is 2.93. The van der Waals surface area contributed by atoms with Gasteiger partial charge in [0.05, 0.1) is 11.3 Å². The molecule has 0 aliphatic rings. The first-order chi connectivity index (χ1) is 8.68. The average molecular weight is 275 g/mol. The highest BCUT2D eigenvalue weighted by Gasteiger charge is 2.33. The Bertz CT molecular complexity index is 474. The van der Waals surface area contributed by atoms with Gasteiger partial charge >= 0.3 is 6.18 Å². The van der Waals surface area contributed by atoms with E-state index in [0.717, 1.165) is 12.1 Å². The van der Waals surface area contributed by atoms with Crippen LogP contribution in [0.2, 0.25) is 0 Å². The number of rotatable bonds is 3. The number of aryl methyl sites for hydroxylation is 1. The molecule has 0 fully saturated rings.